The topological polar surface area (TPSA) is 65.4 Å². The minimum atomic E-state index is -4.53. The van der Waals surface area contributed by atoms with Gasteiger partial charge in [-0.25, -0.2) is 0 Å². The second-order valence-corrected chi connectivity index (χ2v) is 7.18. The third-order valence-electron chi connectivity index (χ3n) is 5.05. The van der Waals surface area contributed by atoms with Gasteiger partial charge < -0.3 is 15.0 Å². The number of methoxy groups -OCH3 is 1. The Kier molecular flexibility index (Phi) is 6.85. The van der Waals surface area contributed by atoms with Gasteiger partial charge in [0.15, 0.2) is 0 Å². The molecule has 8 heteroatoms. The van der Waals surface area contributed by atoms with E-state index < -0.39 is 17.6 Å². The van der Waals surface area contributed by atoms with Crippen molar-refractivity contribution < 1.29 is 22.7 Å². The van der Waals surface area contributed by atoms with Crippen LogP contribution >= 0.6 is 0 Å². The summed E-state index contributed by atoms with van der Waals surface area (Å²) in [5.41, 5.74) is 0.345. The first kappa shape index (κ1) is 22.2. The van der Waals surface area contributed by atoms with Crippen LogP contribution in [-0.2, 0) is 11.0 Å². The number of piperidine rings is 1. The summed E-state index contributed by atoms with van der Waals surface area (Å²) < 4.78 is 44.1. The zero-order valence-electron chi connectivity index (χ0n) is 17.0. The third-order valence-corrected chi connectivity index (χ3v) is 5.05. The molecule has 0 aromatic heterocycles. The minimum Gasteiger partial charge on any atom is -0.496 e. The number of anilines is 2. The zero-order chi connectivity index (χ0) is 22.4. The molecule has 3 rings (SSSR count). The molecule has 31 heavy (non-hydrogen) atoms. The van der Waals surface area contributed by atoms with E-state index in [9.17, 15) is 23.2 Å². The Morgan fingerprint density at radius 1 is 1.16 bits per heavy atom. The molecule has 1 aliphatic heterocycles. The van der Waals surface area contributed by atoms with E-state index in [1.54, 1.807) is 12.1 Å². The molecule has 0 saturated carbocycles. The van der Waals surface area contributed by atoms with Gasteiger partial charge in [-0.3, -0.25) is 4.79 Å². The summed E-state index contributed by atoms with van der Waals surface area (Å²) in [6.45, 7) is 1.92. The van der Waals surface area contributed by atoms with Crippen molar-refractivity contribution >= 4 is 23.4 Å². The van der Waals surface area contributed by atoms with Crippen molar-refractivity contribution in [1.29, 1.82) is 5.26 Å². The molecule has 1 aliphatic rings. The zero-order valence-corrected chi connectivity index (χ0v) is 17.0. The standard InChI is InChI=1S/C23H22F3N3O2/c1-31-21-14-20(29-10-3-2-4-11-29)9-8-16(21)12-17(15-27)22(30)28-19-7-5-6-18(13-19)23(24,25)26/h5-9,12-14H,2-4,10-11H2,1H3,(H,28,30)/b17-12-. The average molecular weight is 429 g/mol. The number of rotatable bonds is 5. The molecule has 0 radical (unpaired) electrons. The minimum absolute atomic E-state index is 0.0478. The third kappa shape index (κ3) is 5.57. The second-order valence-electron chi connectivity index (χ2n) is 7.18. The van der Waals surface area contributed by atoms with Crippen LogP contribution < -0.4 is 15.0 Å². The number of ether oxygens (including phenoxy) is 1. The molecule has 2 aromatic carbocycles. The van der Waals surface area contributed by atoms with E-state index in [0.29, 0.717) is 11.3 Å². The first-order valence-electron chi connectivity index (χ1n) is 9.85. The van der Waals surface area contributed by atoms with Crippen molar-refractivity contribution in [3.8, 4) is 11.8 Å². The van der Waals surface area contributed by atoms with Gasteiger partial charge in [-0.05, 0) is 55.7 Å². The van der Waals surface area contributed by atoms with Crippen LogP contribution in [0.15, 0.2) is 48.0 Å². The Balaban J connectivity index is 1.82. The molecule has 1 saturated heterocycles. The first-order valence-corrected chi connectivity index (χ1v) is 9.85. The van der Waals surface area contributed by atoms with Gasteiger partial charge in [-0.15, -0.1) is 0 Å². The molecule has 2 aromatic rings. The van der Waals surface area contributed by atoms with Gasteiger partial charge >= 0.3 is 6.18 Å². The van der Waals surface area contributed by atoms with Gasteiger partial charge in [-0.1, -0.05) is 6.07 Å². The maximum Gasteiger partial charge on any atom is 0.416 e. The number of benzene rings is 2. The van der Waals surface area contributed by atoms with Gasteiger partial charge in [0.1, 0.15) is 17.4 Å². The van der Waals surface area contributed by atoms with Crippen molar-refractivity contribution in [3.05, 3.63) is 59.2 Å². The maximum absolute atomic E-state index is 12.9. The van der Waals surface area contributed by atoms with Gasteiger partial charge in [-0.2, -0.15) is 18.4 Å². The van der Waals surface area contributed by atoms with Gasteiger partial charge in [0, 0.05) is 36.1 Å². The van der Waals surface area contributed by atoms with E-state index in [-0.39, 0.29) is 11.3 Å². The Hall–Kier alpha value is -3.47. The molecule has 0 aliphatic carbocycles. The summed E-state index contributed by atoms with van der Waals surface area (Å²) in [6, 6.07) is 11.6. The summed E-state index contributed by atoms with van der Waals surface area (Å²) in [4.78, 5) is 14.7. The lowest BCUT2D eigenvalue weighted by Crippen LogP contribution is -2.29. The number of nitrogens with zero attached hydrogens (tertiary/aromatic N) is 2. The second kappa shape index (κ2) is 9.56. The van der Waals surface area contributed by atoms with E-state index in [1.807, 2.05) is 12.1 Å². The van der Waals surface area contributed by atoms with Gasteiger partial charge in [0.25, 0.3) is 5.91 Å². The predicted octanol–water partition coefficient (Wildman–Crippen LogP) is 5.25. The molecule has 1 amide bonds. The summed E-state index contributed by atoms with van der Waals surface area (Å²) in [6.07, 6.45) is 0.289. The van der Waals surface area contributed by atoms with Crippen molar-refractivity contribution in [2.75, 3.05) is 30.4 Å². The number of halogens is 3. The molecular formula is C23H22F3N3O2. The number of nitrogens with one attached hydrogen (secondary N) is 1. The molecule has 5 nitrogen and oxygen atoms in total. The lowest BCUT2D eigenvalue weighted by Gasteiger charge is -2.29. The fourth-order valence-corrected chi connectivity index (χ4v) is 3.44. The van der Waals surface area contributed by atoms with Crippen LogP contribution in [0.3, 0.4) is 0 Å². The van der Waals surface area contributed by atoms with Crippen LogP contribution in [0.4, 0.5) is 24.5 Å². The highest BCUT2D eigenvalue weighted by molar-refractivity contribution is 6.09. The Bertz CT molecular complexity index is 1020. The number of hydrogen-bond donors (Lipinski definition) is 1. The molecule has 162 valence electrons. The first-order chi connectivity index (χ1) is 14.8. The highest BCUT2D eigenvalue weighted by Crippen LogP contribution is 2.31. The van der Waals surface area contributed by atoms with E-state index in [4.69, 9.17) is 4.74 Å². The van der Waals surface area contributed by atoms with Crippen LogP contribution in [0.25, 0.3) is 6.08 Å². The van der Waals surface area contributed by atoms with E-state index >= 15 is 0 Å². The van der Waals surface area contributed by atoms with E-state index in [2.05, 4.69) is 10.2 Å². The van der Waals surface area contributed by atoms with Gasteiger partial charge in [0.2, 0.25) is 0 Å². The van der Waals surface area contributed by atoms with Crippen molar-refractivity contribution in [3.63, 3.8) is 0 Å². The Morgan fingerprint density at radius 2 is 1.90 bits per heavy atom. The summed E-state index contributed by atoms with van der Waals surface area (Å²) in [7, 11) is 1.50. The smallest absolute Gasteiger partial charge is 0.416 e. The number of amides is 1. The van der Waals surface area contributed by atoms with Crippen LogP contribution in [0.1, 0.15) is 30.4 Å². The molecular weight excluding hydrogens is 407 g/mol. The largest absolute Gasteiger partial charge is 0.496 e. The molecule has 1 N–H and O–H groups in total. The van der Waals surface area contributed by atoms with Crippen LogP contribution in [0.2, 0.25) is 0 Å². The van der Waals surface area contributed by atoms with E-state index in [0.717, 1.165) is 43.8 Å². The monoisotopic (exact) mass is 429 g/mol. The van der Waals surface area contributed by atoms with Crippen LogP contribution in [0, 0.1) is 11.3 Å². The molecule has 0 spiro atoms. The predicted molar refractivity (Wildman–Crippen MR) is 113 cm³/mol. The molecule has 1 fully saturated rings. The highest BCUT2D eigenvalue weighted by Gasteiger charge is 2.30. The number of hydrogen-bond acceptors (Lipinski definition) is 4. The molecule has 0 bridgehead atoms. The average Bonchev–Trinajstić information content (AvgIpc) is 2.77. The van der Waals surface area contributed by atoms with Crippen LogP contribution in [0.5, 0.6) is 5.75 Å². The quantitative estimate of drug-likeness (QED) is 0.521. The highest BCUT2D eigenvalue weighted by atomic mass is 19.4. The summed E-state index contributed by atoms with van der Waals surface area (Å²) in [5, 5.41) is 11.8. The Labute approximate surface area is 178 Å². The van der Waals surface area contributed by atoms with Crippen LogP contribution in [-0.4, -0.2) is 26.1 Å². The van der Waals surface area contributed by atoms with Crippen molar-refractivity contribution in [2.45, 2.75) is 25.4 Å². The molecule has 1 heterocycles. The number of nitriles is 1. The molecule has 0 unspecified atom stereocenters. The van der Waals surface area contributed by atoms with Gasteiger partial charge in [0.05, 0.1) is 12.7 Å². The normalized spacial score (nSPS) is 14.7. The van der Waals surface area contributed by atoms with Crippen molar-refractivity contribution in [1.82, 2.24) is 0 Å². The summed E-state index contributed by atoms with van der Waals surface area (Å²) >= 11 is 0. The fourth-order valence-electron chi connectivity index (χ4n) is 3.44. The molecule has 0 atom stereocenters. The lowest BCUT2D eigenvalue weighted by atomic mass is 10.1. The number of carbonyl (C=O) groups is 1. The van der Waals surface area contributed by atoms with E-state index in [1.165, 1.54) is 31.7 Å². The number of alkyl halides is 3. The SMILES string of the molecule is COc1cc(N2CCCCC2)ccc1/C=C(/C#N)C(=O)Nc1cccc(C(F)(F)F)c1. The Morgan fingerprint density at radius 3 is 2.55 bits per heavy atom. The van der Waals surface area contributed by atoms with Crippen molar-refractivity contribution in [2.24, 2.45) is 0 Å². The lowest BCUT2D eigenvalue weighted by molar-refractivity contribution is -0.137. The number of carbonyl (C=O) groups excluding carboxylic acids is 1. The maximum atomic E-state index is 12.9. The summed E-state index contributed by atoms with van der Waals surface area (Å²) in [5.74, 6) is -0.299. The fraction of sp³-hybridized carbons (Fsp3) is 0.304.